The third kappa shape index (κ3) is 6.90. The average molecular weight is 414 g/mol. The molecule has 0 heterocycles. The first-order valence-corrected chi connectivity index (χ1v) is 10.00. The minimum atomic E-state index is -0.181. The van der Waals surface area contributed by atoms with Gasteiger partial charge >= 0.3 is 0 Å². The first kappa shape index (κ1) is 23.4. The molecule has 0 saturated carbocycles. The van der Waals surface area contributed by atoms with E-state index in [1.807, 2.05) is 31.2 Å². The van der Waals surface area contributed by atoms with E-state index in [1.165, 1.54) is 0 Å². The lowest BCUT2D eigenvalue weighted by Crippen LogP contribution is -2.23. The largest absolute Gasteiger partial charge is 0.493 e. The van der Waals surface area contributed by atoms with Crippen LogP contribution in [-0.4, -0.2) is 39.9 Å². The summed E-state index contributed by atoms with van der Waals surface area (Å²) < 4.78 is 21.7. The Morgan fingerprint density at radius 1 is 1.07 bits per heavy atom. The van der Waals surface area contributed by atoms with Crippen LogP contribution in [0.15, 0.2) is 49.1 Å². The number of hydrogen-bond acceptors (Lipinski definition) is 5. The van der Waals surface area contributed by atoms with Crippen LogP contribution in [0.1, 0.15) is 34.0 Å². The highest BCUT2D eigenvalue weighted by Crippen LogP contribution is 2.33. The molecule has 0 fully saturated rings. The fourth-order valence-corrected chi connectivity index (χ4v) is 3.05. The van der Waals surface area contributed by atoms with E-state index in [4.69, 9.17) is 18.9 Å². The van der Waals surface area contributed by atoms with Crippen molar-refractivity contribution < 1.29 is 23.7 Å². The normalized spacial score (nSPS) is 10.5. The molecule has 0 saturated heterocycles. The molecule has 0 radical (unpaired) electrons. The van der Waals surface area contributed by atoms with Gasteiger partial charge in [-0.2, -0.15) is 0 Å². The van der Waals surface area contributed by atoms with Gasteiger partial charge in [0.25, 0.3) is 5.91 Å². The molecule has 0 aliphatic rings. The number of benzene rings is 2. The quantitative estimate of drug-likeness (QED) is 0.398. The second-order valence-electron chi connectivity index (χ2n) is 6.62. The fraction of sp³-hybridized carbons (Fsp3) is 0.375. The van der Waals surface area contributed by atoms with E-state index in [2.05, 4.69) is 11.9 Å². The molecule has 30 heavy (non-hydrogen) atoms. The van der Waals surface area contributed by atoms with Crippen LogP contribution in [0.5, 0.6) is 11.5 Å². The van der Waals surface area contributed by atoms with Crippen LogP contribution in [0.4, 0.5) is 0 Å². The van der Waals surface area contributed by atoms with Crippen LogP contribution in [0, 0.1) is 0 Å². The topological polar surface area (TPSA) is 66.0 Å². The van der Waals surface area contributed by atoms with Gasteiger partial charge in [0.05, 0.1) is 34.0 Å². The highest BCUT2D eigenvalue weighted by atomic mass is 16.5. The second-order valence-corrected chi connectivity index (χ2v) is 6.62. The van der Waals surface area contributed by atoms with Crippen molar-refractivity contribution in [3.8, 4) is 11.5 Å². The Hall–Kier alpha value is -2.83. The third-order valence-electron chi connectivity index (χ3n) is 4.47. The van der Waals surface area contributed by atoms with Gasteiger partial charge < -0.3 is 24.3 Å². The predicted molar refractivity (Wildman–Crippen MR) is 117 cm³/mol. The molecule has 162 valence electrons. The van der Waals surface area contributed by atoms with Gasteiger partial charge in [-0.1, -0.05) is 30.3 Å². The molecule has 0 bridgehead atoms. The molecule has 0 spiro atoms. The lowest BCUT2D eigenvalue weighted by atomic mass is 10.0. The predicted octanol–water partition coefficient (Wildman–Crippen LogP) is 3.92. The molecule has 2 aromatic rings. The van der Waals surface area contributed by atoms with Gasteiger partial charge in [0.15, 0.2) is 11.5 Å². The van der Waals surface area contributed by atoms with Crippen LogP contribution in [0.25, 0.3) is 0 Å². The smallest absolute Gasteiger partial charge is 0.251 e. The molecule has 6 heteroatoms. The average Bonchev–Trinajstić information content (AvgIpc) is 2.77. The van der Waals surface area contributed by atoms with E-state index in [0.717, 1.165) is 16.7 Å². The zero-order chi connectivity index (χ0) is 21.8. The van der Waals surface area contributed by atoms with E-state index in [0.29, 0.717) is 56.5 Å². The van der Waals surface area contributed by atoms with Crippen LogP contribution >= 0.6 is 0 Å². The van der Waals surface area contributed by atoms with Crippen LogP contribution in [-0.2, 0) is 29.0 Å². The lowest BCUT2D eigenvalue weighted by molar-refractivity contribution is 0.0453. The van der Waals surface area contributed by atoms with Gasteiger partial charge in [-0.15, -0.1) is 6.58 Å². The molecule has 0 unspecified atom stereocenters. The Labute approximate surface area is 178 Å². The van der Waals surface area contributed by atoms with E-state index in [9.17, 15) is 4.79 Å². The van der Waals surface area contributed by atoms with Gasteiger partial charge in [-0.3, -0.25) is 4.79 Å². The maximum atomic E-state index is 12.7. The summed E-state index contributed by atoms with van der Waals surface area (Å²) in [5, 5.41) is 2.96. The number of allylic oxidation sites excluding steroid dienone is 1. The van der Waals surface area contributed by atoms with Crippen LogP contribution < -0.4 is 14.8 Å². The zero-order valence-electron chi connectivity index (χ0n) is 18.0. The minimum absolute atomic E-state index is 0.181. The summed E-state index contributed by atoms with van der Waals surface area (Å²) in [7, 11) is 3.14. The highest BCUT2D eigenvalue weighted by molar-refractivity contribution is 5.95. The summed E-state index contributed by atoms with van der Waals surface area (Å²) in [6, 6.07) is 11.5. The molecule has 0 aliphatic carbocycles. The SMILES string of the molecule is C=CCc1cc(C(=O)NCc2cccc(COCCOCC)c2)cc(OC)c1OC. The molecular weight excluding hydrogens is 382 g/mol. The minimum Gasteiger partial charge on any atom is -0.493 e. The Morgan fingerprint density at radius 2 is 1.83 bits per heavy atom. The van der Waals surface area contributed by atoms with Crippen molar-refractivity contribution in [3.05, 3.63) is 71.3 Å². The van der Waals surface area contributed by atoms with Crippen molar-refractivity contribution >= 4 is 5.91 Å². The standard InChI is InChI=1S/C24H31NO5/c1-5-8-20-14-21(15-22(27-3)23(20)28-4)24(26)25-16-18-9-7-10-19(13-18)17-30-12-11-29-6-2/h5,7,9-10,13-15H,1,6,8,11-12,16-17H2,2-4H3,(H,25,26). The molecule has 2 aromatic carbocycles. The Balaban J connectivity index is 2.01. The first-order valence-electron chi connectivity index (χ1n) is 10.00. The monoisotopic (exact) mass is 413 g/mol. The summed E-state index contributed by atoms with van der Waals surface area (Å²) in [4.78, 5) is 12.7. The number of methoxy groups -OCH3 is 2. The lowest BCUT2D eigenvalue weighted by Gasteiger charge is -2.14. The summed E-state index contributed by atoms with van der Waals surface area (Å²) >= 11 is 0. The van der Waals surface area contributed by atoms with Crippen molar-refractivity contribution in [2.45, 2.75) is 26.5 Å². The van der Waals surface area contributed by atoms with E-state index < -0.39 is 0 Å². The van der Waals surface area contributed by atoms with E-state index >= 15 is 0 Å². The van der Waals surface area contributed by atoms with Gasteiger partial charge in [0, 0.05) is 24.3 Å². The zero-order valence-corrected chi connectivity index (χ0v) is 18.0. The van der Waals surface area contributed by atoms with Gasteiger partial charge in [0.2, 0.25) is 0 Å². The van der Waals surface area contributed by atoms with Gasteiger partial charge in [-0.05, 0) is 36.6 Å². The summed E-state index contributed by atoms with van der Waals surface area (Å²) in [6.07, 6.45) is 2.34. The highest BCUT2D eigenvalue weighted by Gasteiger charge is 2.15. The number of amides is 1. The van der Waals surface area contributed by atoms with Crippen LogP contribution in [0.3, 0.4) is 0 Å². The van der Waals surface area contributed by atoms with E-state index in [-0.39, 0.29) is 5.91 Å². The second kappa shape index (κ2) is 12.7. The first-order chi connectivity index (χ1) is 14.6. The Morgan fingerprint density at radius 3 is 2.53 bits per heavy atom. The van der Waals surface area contributed by atoms with Crippen molar-refractivity contribution in [1.29, 1.82) is 0 Å². The summed E-state index contributed by atoms with van der Waals surface area (Å²) in [5.74, 6) is 0.957. The van der Waals surface area contributed by atoms with Crippen molar-refractivity contribution in [2.24, 2.45) is 0 Å². The van der Waals surface area contributed by atoms with Gasteiger partial charge in [-0.25, -0.2) is 0 Å². The maximum absolute atomic E-state index is 12.7. The summed E-state index contributed by atoms with van der Waals surface area (Å²) in [6.45, 7) is 8.48. The fourth-order valence-electron chi connectivity index (χ4n) is 3.05. The molecule has 0 atom stereocenters. The molecule has 2 rings (SSSR count). The van der Waals surface area contributed by atoms with Gasteiger partial charge in [0.1, 0.15) is 0 Å². The molecule has 1 amide bonds. The number of rotatable bonds is 13. The number of hydrogen-bond donors (Lipinski definition) is 1. The van der Waals surface area contributed by atoms with Crippen molar-refractivity contribution in [3.63, 3.8) is 0 Å². The third-order valence-corrected chi connectivity index (χ3v) is 4.47. The number of carbonyl (C=O) groups is 1. The number of carbonyl (C=O) groups excluding carboxylic acids is 1. The molecule has 1 N–H and O–H groups in total. The summed E-state index contributed by atoms with van der Waals surface area (Å²) in [5.41, 5.74) is 3.42. The number of nitrogens with one attached hydrogen (secondary N) is 1. The van der Waals surface area contributed by atoms with Crippen molar-refractivity contribution in [2.75, 3.05) is 34.0 Å². The van der Waals surface area contributed by atoms with Crippen molar-refractivity contribution in [1.82, 2.24) is 5.32 Å². The number of ether oxygens (including phenoxy) is 4. The van der Waals surface area contributed by atoms with Crippen LogP contribution in [0.2, 0.25) is 0 Å². The molecule has 0 aromatic heterocycles. The Bertz CT molecular complexity index is 834. The molecule has 0 aliphatic heterocycles. The molecule has 6 nitrogen and oxygen atoms in total. The van der Waals surface area contributed by atoms with E-state index in [1.54, 1.807) is 32.4 Å². The maximum Gasteiger partial charge on any atom is 0.251 e. The Kier molecular flexibility index (Phi) is 9.91. The molecular formula is C24H31NO5.